The molecule has 2 aromatic heterocycles. The molecule has 0 fully saturated rings. The summed E-state index contributed by atoms with van der Waals surface area (Å²) in [5.41, 5.74) is 8.75. The van der Waals surface area contributed by atoms with Crippen LogP contribution in [-0.4, -0.2) is 55.5 Å². The third-order valence-corrected chi connectivity index (χ3v) is 5.62. The van der Waals surface area contributed by atoms with Crippen LogP contribution in [0.4, 0.5) is 5.82 Å². The van der Waals surface area contributed by atoms with Gasteiger partial charge in [0.2, 0.25) is 0 Å². The minimum atomic E-state index is -0.768. The summed E-state index contributed by atoms with van der Waals surface area (Å²) in [5.74, 6) is 0.958. The number of aliphatic hydroxyl groups is 2. The fraction of sp³-hybridized carbons (Fsp3) is 0.400. The van der Waals surface area contributed by atoms with Crippen LogP contribution in [0.25, 0.3) is 11.0 Å². The highest BCUT2D eigenvalue weighted by Gasteiger charge is 2.28. The molecule has 0 unspecified atom stereocenters. The van der Waals surface area contributed by atoms with Crippen molar-refractivity contribution < 1.29 is 14.9 Å². The Bertz CT molecular complexity index is 915. The smallest absolute Gasteiger partial charge is 0.151 e. The van der Waals surface area contributed by atoms with Crippen LogP contribution in [0, 0.1) is 0 Å². The van der Waals surface area contributed by atoms with E-state index in [0.29, 0.717) is 37.0 Å². The maximum absolute atomic E-state index is 9.77. The number of aliphatic hydroxyl groups excluding tert-OH is 2. The number of ether oxygens (including phenoxy) is 1. The Labute approximate surface area is 174 Å². The minimum Gasteiger partial charge on any atom is -0.394 e. The Kier molecular flexibility index (Phi) is 7.45. The van der Waals surface area contributed by atoms with Crippen molar-refractivity contribution in [1.29, 1.82) is 0 Å². The number of hydrogen-bond donors (Lipinski definition) is 4. The lowest BCUT2D eigenvalue weighted by atomic mass is 10.0. The van der Waals surface area contributed by atoms with Gasteiger partial charge in [0.25, 0.3) is 0 Å². The number of nitrogens with one attached hydrogen (secondary N) is 1. The van der Waals surface area contributed by atoms with Crippen LogP contribution in [-0.2, 0) is 24.6 Å². The number of fused-ring (bicyclic) bond motifs is 1. The maximum atomic E-state index is 9.77. The number of nitrogens with two attached hydrogens (primary N) is 1. The second-order valence-corrected chi connectivity index (χ2v) is 7.79. The average Bonchev–Trinajstić information content (AvgIpc) is 3.11. The largest absolute Gasteiger partial charge is 0.394 e. The van der Waals surface area contributed by atoms with Crippen LogP contribution in [0.1, 0.15) is 11.1 Å². The quantitative estimate of drug-likeness (QED) is 0.369. The second kappa shape index (κ2) is 10.0. The molecular weight excluding hydrogens is 390 g/mol. The van der Waals surface area contributed by atoms with Crippen molar-refractivity contribution in [3.63, 3.8) is 0 Å². The molecule has 29 heavy (non-hydrogen) atoms. The van der Waals surface area contributed by atoms with Gasteiger partial charge in [-0.3, -0.25) is 0 Å². The Balaban J connectivity index is 1.79. The van der Waals surface area contributed by atoms with Crippen molar-refractivity contribution in [3.05, 3.63) is 54.0 Å². The van der Waals surface area contributed by atoms with Gasteiger partial charge in [0, 0.05) is 24.1 Å². The van der Waals surface area contributed by atoms with E-state index < -0.39 is 5.54 Å². The van der Waals surface area contributed by atoms with Gasteiger partial charge in [0.05, 0.1) is 30.9 Å². The van der Waals surface area contributed by atoms with Gasteiger partial charge in [-0.2, -0.15) is 11.8 Å². The minimum absolute atomic E-state index is 0.166. The second-order valence-electron chi connectivity index (χ2n) is 6.93. The molecule has 5 N–H and O–H groups in total. The molecule has 0 aliphatic rings. The summed E-state index contributed by atoms with van der Waals surface area (Å²) >= 11 is 1.56. The molecule has 156 valence electrons. The fourth-order valence-electron chi connectivity index (χ4n) is 3.15. The molecule has 0 saturated heterocycles. The van der Waals surface area contributed by atoms with E-state index in [1.54, 1.807) is 11.8 Å². The van der Waals surface area contributed by atoms with E-state index in [-0.39, 0.29) is 13.2 Å². The molecule has 3 aromatic rings. The molecule has 0 aliphatic heterocycles. The Morgan fingerprint density at radius 2 is 1.97 bits per heavy atom. The van der Waals surface area contributed by atoms with Gasteiger partial charge in [-0.15, -0.1) is 0 Å². The molecular formula is C20H27N5O3S. The van der Waals surface area contributed by atoms with Crippen LogP contribution in [0.5, 0.6) is 0 Å². The first kappa shape index (κ1) is 21.5. The molecule has 0 atom stereocenters. The van der Waals surface area contributed by atoms with Crippen molar-refractivity contribution in [2.45, 2.75) is 25.4 Å². The Morgan fingerprint density at radius 1 is 1.21 bits per heavy atom. The standard InChI is InChI=1S/C20H27N5O3S/c1-29-12-20(10-26,11-27)24-7-16-8-25(18-17(16)22-13-23-19(18)21)14-28-9-15-5-3-2-4-6-15/h2-6,8,13,24,26-27H,7,9-12,14H2,1H3,(H2,21,22,23). The summed E-state index contributed by atoms with van der Waals surface area (Å²) in [7, 11) is 0. The van der Waals surface area contributed by atoms with Crippen molar-refractivity contribution in [1.82, 2.24) is 19.9 Å². The predicted octanol–water partition coefficient (Wildman–Crippen LogP) is 1.36. The number of anilines is 1. The molecule has 0 bridgehead atoms. The lowest BCUT2D eigenvalue weighted by molar-refractivity contribution is 0.0666. The lowest BCUT2D eigenvalue weighted by Gasteiger charge is -2.30. The van der Waals surface area contributed by atoms with Crippen molar-refractivity contribution in [3.8, 4) is 0 Å². The molecule has 3 rings (SSSR count). The maximum Gasteiger partial charge on any atom is 0.151 e. The summed E-state index contributed by atoms with van der Waals surface area (Å²) in [4.78, 5) is 8.49. The molecule has 8 nitrogen and oxygen atoms in total. The fourth-order valence-corrected chi connectivity index (χ4v) is 3.99. The highest BCUT2D eigenvalue weighted by molar-refractivity contribution is 7.98. The SMILES string of the molecule is CSCC(CO)(CO)NCc1cn(COCc2ccccc2)c2c(N)ncnc12. The van der Waals surface area contributed by atoms with E-state index >= 15 is 0 Å². The number of benzene rings is 1. The van der Waals surface area contributed by atoms with Gasteiger partial charge in [0.15, 0.2) is 5.82 Å². The van der Waals surface area contributed by atoms with Crippen molar-refractivity contribution in [2.24, 2.45) is 0 Å². The zero-order valence-corrected chi connectivity index (χ0v) is 17.2. The van der Waals surface area contributed by atoms with Gasteiger partial charge in [-0.25, -0.2) is 9.97 Å². The highest BCUT2D eigenvalue weighted by Crippen LogP contribution is 2.24. The molecule has 0 aliphatic carbocycles. The van der Waals surface area contributed by atoms with E-state index in [1.807, 2.05) is 47.4 Å². The summed E-state index contributed by atoms with van der Waals surface area (Å²) in [6, 6.07) is 9.94. The molecule has 2 heterocycles. The van der Waals surface area contributed by atoms with E-state index in [2.05, 4.69) is 15.3 Å². The van der Waals surface area contributed by atoms with Gasteiger partial charge >= 0.3 is 0 Å². The summed E-state index contributed by atoms with van der Waals surface area (Å²) in [6.45, 7) is 0.868. The van der Waals surface area contributed by atoms with Crippen LogP contribution in [0.3, 0.4) is 0 Å². The summed E-state index contributed by atoms with van der Waals surface area (Å²) in [6.07, 6.45) is 5.29. The van der Waals surface area contributed by atoms with E-state index in [4.69, 9.17) is 10.5 Å². The summed E-state index contributed by atoms with van der Waals surface area (Å²) < 4.78 is 7.74. The molecule has 1 aromatic carbocycles. The van der Waals surface area contributed by atoms with E-state index in [1.165, 1.54) is 6.33 Å². The monoisotopic (exact) mass is 417 g/mol. The summed E-state index contributed by atoms with van der Waals surface area (Å²) in [5, 5.41) is 22.8. The Morgan fingerprint density at radius 3 is 2.66 bits per heavy atom. The van der Waals surface area contributed by atoms with Gasteiger partial charge in [-0.1, -0.05) is 30.3 Å². The van der Waals surface area contributed by atoms with Crippen LogP contribution >= 0.6 is 11.8 Å². The molecule has 0 saturated carbocycles. The first-order chi connectivity index (χ1) is 14.1. The average molecular weight is 418 g/mol. The van der Waals surface area contributed by atoms with Gasteiger partial charge in [-0.05, 0) is 11.8 Å². The topological polar surface area (TPSA) is 118 Å². The molecule has 0 radical (unpaired) electrons. The van der Waals surface area contributed by atoms with Crippen molar-refractivity contribution in [2.75, 3.05) is 31.0 Å². The first-order valence-electron chi connectivity index (χ1n) is 9.28. The number of hydrogen-bond acceptors (Lipinski definition) is 8. The first-order valence-corrected chi connectivity index (χ1v) is 10.7. The number of nitrogen functional groups attached to an aromatic ring is 1. The lowest BCUT2D eigenvalue weighted by Crippen LogP contribution is -2.53. The van der Waals surface area contributed by atoms with Gasteiger partial charge < -0.3 is 30.6 Å². The number of nitrogens with zero attached hydrogens (tertiary/aromatic N) is 3. The van der Waals surface area contributed by atoms with E-state index in [0.717, 1.165) is 16.6 Å². The zero-order valence-electron chi connectivity index (χ0n) is 16.4. The predicted molar refractivity (Wildman–Crippen MR) is 115 cm³/mol. The molecule has 0 spiro atoms. The third-order valence-electron chi connectivity index (χ3n) is 4.78. The number of aromatic nitrogens is 3. The van der Waals surface area contributed by atoms with Crippen LogP contribution in [0.15, 0.2) is 42.9 Å². The Hall–Kier alpha value is -2.17. The highest BCUT2D eigenvalue weighted by atomic mass is 32.2. The van der Waals surface area contributed by atoms with Crippen LogP contribution < -0.4 is 11.1 Å². The number of thioether (sulfide) groups is 1. The molecule has 9 heteroatoms. The number of rotatable bonds is 11. The third kappa shape index (κ3) is 5.06. The molecule has 0 amide bonds. The normalized spacial score (nSPS) is 12.0. The zero-order chi connectivity index (χ0) is 20.7. The van der Waals surface area contributed by atoms with E-state index in [9.17, 15) is 10.2 Å². The van der Waals surface area contributed by atoms with Crippen molar-refractivity contribution >= 4 is 28.6 Å². The van der Waals surface area contributed by atoms with Gasteiger partial charge in [0.1, 0.15) is 18.6 Å². The van der Waals surface area contributed by atoms with Crippen LogP contribution in [0.2, 0.25) is 0 Å².